The molecule has 4 nitrogen and oxygen atoms in total. The number of anilines is 1. The van der Waals surface area contributed by atoms with E-state index in [1.807, 2.05) is 30.3 Å². The van der Waals surface area contributed by atoms with Crippen LogP contribution in [-0.2, 0) is 6.42 Å². The van der Waals surface area contributed by atoms with Gasteiger partial charge in [0.15, 0.2) is 5.82 Å². The van der Waals surface area contributed by atoms with Crippen LogP contribution in [-0.4, -0.2) is 15.2 Å². The van der Waals surface area contributed by atoms with Gasteiger partial charge in [-0.2, -0.15) is 5.10 Å². The number of benzene rings is 1. The van der Waals surface area contributed by atoms with E-state index in [4.69, 9.17) is 5.73 Å². The molecule has 0 amide bonds. The first-order chi connectivity index (χ1) is 8.81. The third-order valence-electron chi connectivity index (χ3n) is 2.60. The minimum atomic E-state index is 0.689. The van der Waals surface area contributed by atoms with Crippen molar-refractivity contribution in [2.45, 2.75) is 6.42 Å². The molecule has 2 aromatic heterocycles. The Morgan fingerprint density at radius 2 is 2.17 bits per heavy atom. The van der Waals surface area contributed by atoms with Crippen molar-refractivity contribution in [2.75, 3.05) is 5.73 Å². The first kappa shape index (κ1) is 11.0. The van der Waals surface area contributed by atoms with Gasteiger partial charge in [0, 0.05) is 22.5 Å². The minimum Gasteiger partial charge on any atom is -0.399 e. The second kappa shape index (κ2) is 4.62. The first-order valence-electron chi connectivity index (χ1n) is 5.61. The van der Waals surface area contributed by atoms with Crippen molar-refractivity contribution in [3.05, 3.63) is 52.5 Å². The highest BCUT2D eigenvalue weighted by Crippen LogP contribution is 2.19. The number of nitrogens with zero attached hydrogens (tertiary/aromatic N) is 2. The average Bonchev–Trinajstić information content (AvgIpc) is 3.01. The SMILES string of the molecule is Nc1cccc(-c2n[nH]c(Cc3cccs3)n2)c1. The van der Waals surface area contributed by atoms with E-state index < -0.39 is 0 Å². The highest BCUT2D eigenvalue weighted by molar-refractivity contribution is 7.09. The largest absolute Gasteiger partial charge is 0.399 e. The molecule has 18 heavy (non-hydrogen) atoms. The van der Waals surface area contributed by atoms with Crippen LogP contribution in [0, 0.1) is 0 Å². The predicted octanol–water partition coefficient (Wildman–Crippen LogP) is 2.71. The Kier molecular flexibility index (Phi) is 2.82. The molecule has 0 aliphatic heterocycles. The normalized spacial score (nSPS) is 10.7. The van der Waals surface area contributed by atoms with Gasteiger partial charge in [-0.05, 0) is 23.6 Å². The fourth-order valence-corrected chi connectivity index (χ4v) is 2.47. The summed E-state index contributed by atoms with van der Waals surface area (Å²) in [4.78, 5) is 5.75. The second-order valence-corrected chi connectivity index (χ2v) is 5.02. The van der Waals surface area contributed by atoms with Gasteiger partial charge in [0.2, 0.25) is 0 Å². The van der Waals surface area contributed by atoms with E-state index in [-0.39, 0.29) is 0 Å². The number of hydrogen-bond donors (Lipinski definition) is 2. The number of thiophene rings is 1. The summed E-state index contributed by atoms with van der Waals surface area (Å²) in [5, 5.41) is 9.25. The topological polar surface area (TPSA) is 67.6 Å². The van der Waals surface area contributed by atoms with Gasteiger partial charge in [0.05, 0.1) is 0 Å². The number of nitrogens with one attached hydrogen (secondary N) is 1. The van der Waals surface area contributed by atoms with Gasteiger partial charge in [0.1, 0.15) is 5.82 Å². The maximum absolute atomic E-state index is 5.75. The summed E-state index contributed by atoms with van der Waals surface area (Å²) in [6.07, 6.45) is 0.785. The zero-order valence-corrected chi connectivity index (χ0v) is 10.4. The summed E-state index contributed by atoms with van der Waals surface area (Å²) in [6, 6.07) is 11.7. The van der Waals surface area contributed by atoms with Crippen LogP contribution in [0.4, 0.5) is 5.69 Å². The van der Waals surface area contributed by atoms with E-state index >= 15 is 0 Å². The van der Waals surface area contributed by atoms with Crippen LogP contribution < -0.4 is 5.73 Å². The zero-order valence-electron chi connectivity index (χ0n) is 9.63. The summed E-state index contributed by atoms with van der Waals surface area (Å²) in [5.41, 5.74) is 7.40. The van der Waals surface area contributed by atoms with E-state index in [1.165, 1.54) is 4.88 Å². The third-order valence-corrected chi connectivity index (χ3v) is 3.47. The van der Waals surface area contributed by atoms with Crippen LogP contribution in [0.25, 0.3) is 11.4 Å². The molecule has 0 saturated heterocycles. The molecule has 0 spiro atoms. The second-order valence-electron chi connectivity index (χ2n) is 3.99. The molecule has 3 aromatic rings. The van der Waals surface area contributed by atoms with Crippen molar-refractivity contribution in [3.8, 4) is 11.4 Å². The maximum atomic E-state index is 5.75. The van der Waals surface area contributed by atoms with E-state index in [9.17, 15) is 0 Å². The lowest BCUT2D eigenvalue weighted by atomic mass is 10.2. The van der Waals surface area contributed by atoms with Gasteiger partial charge in [0.25, 0.3) is 0 Å². The Morgan fingerprint density at radius 3 is 2.94 bits per heavy atom. The van der Waals surface area contributed by atoms with Gasteiger partial charge in [-0.15, -0.1) is 11.3 Å². The molecule has 0 radical (unpaired) electrons. The standard InChI is InChI=1S/C13H12N4S/c14-10-4-1-3-9(7-10)13-15-12(16-17-13)8-11-5-2-6-18-11/h1-7H,8,14H2,(H,15,16,17). The van der Waals surface area contributed by atoms with Crippen LogP contribution in [0.2, 0.25) is 0 Å². The van der Waals surface area contributed by atoms with E-state index in [0.717, 1.165) is 23.5 Å². The number of rotatable bonds is 3. The molecule has 1 aromatic carbocycles. The van der Waals surface area contributed by atoms with Gasteiger partial charge < -0.3 is 5.73 Å². The average molecular weight is 256 g/mol. The molecule has 0 saturated carbocycles. The smallest absolute Gasteiger partial charge is 0.181 e. The van der Waals surface area contributed by atoms with Crippen molar-refractivity contribution in [2.24, 2.45) is 0 Å². The fraction of sp³-hybridized carbons (Fsp3) is 0.0769. The molecule has 0 unspecified atom stereocenters. The summed E-state index contributed by atoms with van der Waals surface area (Å²) < 4.78 is 0. The van der Waals surface area contributed by atoms with Crippen LogP contribution in [0.5, 0.6) is 0 Å². The zero-order chi connectivity index (χ0) is 12.4. The van der Waals surface area contributed by atoms with Gasteiger partial charge >= 0.3 is 0 Å². The summed E-state index contributed by atoms with van der Waals surface area (Å²) in [5.74, 6) is 1.56. The molecule has 5 heteroatoms. The Balaban J connectivity index is 1.85. The highest BCUT2D eigenvalue weighted by atomic mass is 32.1. The van der Waals surface area contributed by atoms with Gasteiger partial charge in [-0.3, -0.25) is 5.10 Å². The lowest BCUT2D eigenvalue weighted by molar-refractivity contribution is 0.984. The lowest BCUT2D eigenvalue weighted by Crippen LogP contribution is -1.88. The minimum absolute atomic E-state index is 0.689. The number of hydrogen-bond acceptors (Lipinski definition) is 4. The number of aromatic amines is 1. The van der Waals surface area contributed by atoms with Crippen LogP contribution in [0.1, 0.15) is 10.7 Å². The Morgan fingerprint density at radius 1 is 1.22 bits per heavy atom. The molecule has 3 rings (SSSR count). The molecule has 0 aliphatic rings. The molecule has 0 atom stereocenters. The van der Waals surface area contributed by atoms with Crippen molar-refractivity contribution in [1.82, 2.24) is 15.2 Å². The number of aromatic nitrogens is 3. The van der Waals surface area contributed by atoms with E-state index in [1.54, 1.807) is 11.3 Å². The number of H-pyrrole nitrogens is 1. The van der Waals surface area contributed by atoms with Crippen LogP contribution in [0.15, 0.2) is 41.8 Å². The highest BCUT2D eigenvalue weighted by Gasteiger charge is 2.07. The lowest BCUT2D eigenvalue weighted by Gasteiger charge is -1.96. The summed E-state index contributed by atoms with van der Waals surface area (Å²) in [7, 11) is 0. The Hall–Kier alpha value is -2.14. The molecule has 3 N–H and O–H groups in total. The molecule has 0 aliphatic carbocycles. The fourth-order valence-electron chi connectivity index (χ4n) is 1.76. The van der Waals surface area contributed by atoms with Crippen molar-refractivity contribution < 1.29 is 0 Å². The number of nitrogen functional groups attached to an aromatic ring is 1. The van der Waals surface area contributed by atoms with Crippen molar-refractivity contribution in [1.29, 1.82) is 0 Å². The number of nitrogens with two attached hydrogens (primary N) is 1. The maximum Gasteiger partial charge on any atom is 0.181 e. The summed E-state index contributed by atoms with van der Waals surface area (Å²) in [6.45, 7) is 0. The summed E-state index contributed by atoms with van der Waals surface area (Å²) >= 11 is 1.72. The molecular weight excluding hydrogens is 244 g/mol. The predicted molar refractivity (Wildman–Crippen MR) is 73.4 cm³/mol. The molecular formula is C13H12N4S. The molecule has 90 valence electrons. The quantitative estimate of drug-likeness (QED) is 0.708. The monoisotopic (exact) mass is 256 g/mol. The molecule has 2 heterocycles. The van der Waals surface area contributed by atoms with E-state index in [0.29, 0.717) is 5.82 Å². The van der Waals surface area contributed by atoms with Crippen LogP contribution >= 0.6 is 11.3 Å². The van der Waals surface area contributed by atoms with Crippen LogP contribution in [0.3, 0.4) is 0 Å². The van der Waals surface area contributed by atoms with Gasteiger partial charge in [-0.1, -0.05) is 18.2 Å². The molecule has 0 bridgehead atoms. The van der Waals surface area contributed by atoms with Crippen molar-refractivity contribution in [3.63, 3.8) is 0 Å². The molecule has 0 fully saturated rings. The van der Waals surface area contributed by atoms with Crippen molar-refractivity contribution >= 4 is 17.0 Å². The van der Waals surface area contributed by atoms with E-state index in [2.05, 4.69) is 26.6 Å². The third kappa shape index (κ3) is 2.26. The Bertz CT molecular complexity index is 643. The van der Waals surface area contributed by atoms with Gasteiger partial charge in [-0.25, -0.2) is 4.98 Å². The Labute approximate surface area is 109 Å². The first-order valence-corrected chi connectivity index (χ1v) is 6.49.